The SMILES string of the molecule is CC1(C(N)=O)CCN(C(=O)C2COCCN2)C1. The van der Waals surface area contributed by atoms with Crippen molar-refractivity contribution in [3.63, 3.8) is 0 Å². The molecule has 3 N–H and O–H groups in total. The summed E-state index contributed by atoms with van der Waals surface area (Å²) in [4.78, 5) is 25.2. The molecule has 0 aromatic heterocycles. The highest BCUT2D eigenvalue weighted by Gasteiger charge is 2.42. The Balaban J connectivity index is 1.95. The molecule has 2 rings (SSSR count). The lowest BCUT2D eigenvalue weighted by Gasteiger charge is -2.28. The van der Waals surface area contributed by atoms with Gasteiger partial charge in [-0.2, -0.15) is 0 Å². The molecule has 6 nitrogen and oxygen atoms in total. The van der Waals surface area contributed by atoms with Gasteiger partial charge in [-0.15, -0.1) is 0 Å². The molecule has 2 aliphatic rings. The molecule has 0 aliphatic carbocycles. The average molecular weight is 241 g/mol. The molecule has 2 unspecified atom stereocenters. The van der Waals surface area contributed by atoms with Crippen molar-refractivity contribution in [3.05, 3.63) is 0 Å². The number of nitrogens with zero attached hydrogens (tertiary/aromatic N) is 1. The molecule has 17 heavy (non-hydrogen) atoms. The molecular formula is C11H19N3O3. The first-order valence-corrected chi connectivity index (χ1v) is 5.93. The number of hydrogen-bond donors (Lipinski definition) is 2. The van der Waals surface area contributed by atoms with Crippen LogP contribution in [0.25, 0.3) is 0 Å². The molecular weight excluding hydrogens is 222 g/mol. The summed E-state index contributed by atoms with van der Waals surface area (Å²) in [7, 11) is 0. The summed E-state index contributed by atoms with van der Waals surface area (Å²) in [6.45, 7) is 4.56. The first kappa shape index (κ1) is 12.3. The number of primary amides is 1. The van der Waals surface area contributed by atoms with E-state index >= 15 is 0 Å². The number of amides is 2. The predicted molar refractivity (Wildman–Crippen MR) is 61.1 cm³/mol. The van der Waals surface area contributed by atoms with E-state index in [-0.39, 0.29) is 17.9 Å². The standard InChI is InChI=1S/C11H19N3O3/c1-11(10(12)16)2-4-14(7-11)9(15)8-6-17-5-3-13-8/h8,13H,2-7H2,1H3,(H2,12,16). The molecule has 2 atom stereocenters. The van der Waals surface area contributed by atoms with E-state index in [9.17, 15) is 9.59 Å². The average Bonchev–Trinajstić information content (AvgIpc) is 2.74. The van der Waals surface area contributed by atoms with Crippen LogP contribution in [0.4, 0.5) is 0 Å². The third kappa shape index (κ3) is 2.42. The van der Waals surface area contributed by atoms with Crippen LogP contribution in [0.1, 0.15) is 13.3 Å². The van der Waals surface area contributed by atoms with Gasteiger partial charge in [0.1, 0.15) is 6.04 Å². The Morgan fingerprint density at radius 2 is 2.29 bits per heavy atom. The van der Waals surface area contributed by atoms with E-state index in [1.807, 2.05) is 6.92 Å². The number of ether oxygens (including phenoxy) is 1. The molecule has 96 valence electrons. The number of morpholine rings is 1. The summed E-state index contributed by atoms with van der Waals surface area (Å²) in [5, 5.41) is 3.12. The van der Waals surface area contributed by atoms with Gasteiger partial charge >= 0.3 is 0 Å². The molecule has 0 radical (unpaired) electrons. The van der Waals surface area contributed by atoms with Crippen molar-refractivity contribution in [1.82, 2.24) is 10.2 Å². The van der Waals surface area contributed by atoms with Crippen molar-refractivity contribution in [3.8, 4) is 0 Å². The van der Waals surface area contributed by atoms with Crippen LogP contribution >= 0.6 is 0 Å². The highest BCUT2D eigenvalue weighted by Crippen LogP contribution is 2.29. The second kappa shape index (κ2) is 4.62. The van der Waals surface area contributed by atoms with E-state index in [0.717, 1.165) is 0 Å². The van der Waals surface area contributed by atoms with E-state index in [4.69, 9.17) is 10.5 Å². The molecule has 0 aromatic rings. The Morgan fingerprint density at radius 3 is 2.82 bits per heavy atom. The number of carbonyl (C=O) groups is 2. The lowest BCUT2D eigenvalue weighted by molar-refractivity contribution is -0.136. The van der Waals surface area contributed by atoms with Crippen molar-refractivity contribution in [2.24, 2.45) is 11.1 Å². The minimum absolute atomic E-state index is 0.00896. The lowest BCUT2D eigenvalue weighted by Crippen LogP contribution is -2.52. The molecule has 0 spiro atoms. The van der Waals surface area contributed by atoms with Gasteiger partial charge in [-0.25, -0.2) is 0 Å². The zero-order valence-electron chi connectivity index (χ0n) is 10.1. The van der Waals surface area contributed by atoms with Gasteiger partial charge in [0.05, 0.1) is 18.6 Å². The molecule has 0 aromatic carbocycles. The zero-order chi connectivity index (χ0) is 12.5. The molecule has 0 saturated carbocycles. The van der Waals surface area contributed by atoms with E-state index in [0.29, 0.717) is 39.3 Å². The summed E-state index contributed by atoms with van der Waals surface area (Å²) >= 11 is 0. The number of likely N-dealkylation sites (tertiary alicyclic amines) is 1. The molecule has 6 heteroatoms. The van der Waals surface area contributed by atoms with E-state index in [1.54, 1.807) is 4.90 Å². The van der Waals surface area contributed by atoms with Crippen LogP contribution in [-0.2, 0) is 14.3 Å². The van der Waals surface area contributed by atoms with Crippen LogP contribution in [-0.4, -0.2) is 55.6 Å². The molecule has 2 aliphatic heterocycles. The summed E-state index contributed by atoms with van der Waals surface area (Å²) in [6, 6.07) is -0.279. The van der Waals surface area contributed by atoms with Crippen LogP contribution in [0, 0.1) is 5.41 Å². The van der Waals surface area contributed by atoms with Gasteiger partial charge in [-0.1, -0.05) is 0 Å². The first-order valence-electron chi connectivity index (χ1n) is 5.93. The zero-order valence-corrected chi connectivity index (χ0v) is 10.1. The minimum atomic E-state index is -0.578. The number of carbonyl (C=O) groups excluding carboxylic acids is 2. The quantitative estimate of drug-likeness (QED) is 0.629. The smallest absolute Gasteiger partial charge is 0.242 e. The van der Waals surface area contributed by atoms with Gasteiger partial charge < -0.3 is 20.7 Å². The minimum Gasteiger partial charge on any atom is -0.378 e. The lowest BCUT2D eigenvalue weighted by atomic mass is 9.89. The Morgan fingerprint density at radius 1 is 1.53 bits per heavy atom. The molecule has 2 saturated heterocycles. The summed E-state index contributed by atoms with van der Waals surface area (Å²) in [6.07, 6.45) is 0.641. The maximum Gasteiger partial charge on any atom is 0.242 e. The second-order valence-corrected chi connectivity index (χ2v) is 5.02. The fourth-order valence-electron chi connectivity index (χ4n) is 2.29. The van der Waals surface area contributed by atoms with E-state index in [1.165, 1.54) is 0 Å². The molecule has 2 amide bonds. The van der Waals surface area contributed by atoms with Gasteiger partial charge in [-0.05, 0) is 13.3 Å². The van der Waals surface area contributed by atoms with Crippen LogP contribution in [0.15, 0.2) is 0 Å². The van der Waals surface area contributed by atoms with E-state index in [2.05, 4.69) is 5.32 Å². The Kier molecular flexibility index (Phi) is 3.35. The summed E-state index contributed by atoms with van der Waals surface area (Å²) in [5.41, 5.74) is 4.78. The number of rotatable bonds is 2. The third-order valence-corrected chi connectivity index (χ3v) is 3.60. The van der Waals surface area contributed by atoms with Gasteiger partial charge in [0.25, 0.3) is 0 Å². The third-order valence-electron chi connectivity index (χ3n) is 3.60. The van der Waals surface area contributed by atoms with Crippen LogP contribution < -0.4 is 11.1 Å². The highest BCUT2D eigenvalue weighted by atomic mass is 16.5. The fraction of sp³-hybridized carbons (Fsp3) is 0.818. The van der Waals surface area contributed by atoms with Crippen molar-refractivity contribution < 1.29 is 14.3 Å². The second-order valence-electron chi connectivity index (χ2n) is 5.02. The van der Waals surface area contributed by atoms with Crippen molar-refractivity contribution >= 4 is 11.8 Å². The first-order chi connectivity index (χ1) is 8.03. The largest absolute Gasteiger partial charge is 0.378 e. The van der Waals surface area contributed by atoms with Gasteiger partial charge in [0.2, 0.25) is 11.8 Å². The van der Waals surface area contributed by atoms with Gasteiger partial charge in [0, 0.05) is 19.6 Å². The monoisotopic (exact) mass is 241 g/mol. The summed E-state index contributed by atoms with van der Waals surface area (Å²) in [5.74, 6) is -0.324. The maximum absolute atomic E-state index is 12.1. The maximum atomic E-state index is 12.1. The molecule has 2 fully saturated rings. The van der Waals surface area contributed by atoms with Crippen LogP contribution in [0.5, 0.6) is 0 Å². The van der Waals surface area contributed by atoms with E-state index < -0.39 is 5.41 Å². The highest BCUT2D eigenvalue weighted by molar-refractivity contribution is 5.86. The number of nitrogens with two attached hydrogens (primary N) is 1. The topological polar surface area (TPSA) is 84.7 Å². The van der Waals surface area contributed by atoms with Crippen molar-refractivity contribution in [1.29, 1.82) is 0 Å². The number of hydrogen-bond acceptors (Lipinski definition) is 4. The van der Waals surface area contributed by atoms with Crippen LogP contribution in [0.3, 0.4) is 0 Å². The normalized spacial score (nSPS) is 33.7. The molecule has 0 bridgehead atoms. The Labute approximate surface area is 100 Å². The Bertz CT molecular complexity index is 328. The van der Waals surface area contributed by atoms with Gasteiger partial charge in [0.15, 0.2) is 0 Å². The van der Waals surface area contributed by atoms with Crippen molar-refractivity contribution in [2.45, 2.75) is 19.4 Å². The fourth-order valence-corrected chi connectivity index (χ4v) is 2.29. The van der Waals surface area contributed by atoms with Crippen LogP contribution in [0.2, 0.25) is 0 Å². The van der Waals surface area contributed by atoms with Gasteiger partial charge in [-0.3, -0.25) is 9.59 Å². The predicted octanol–water partition coefficient (Wildman–Crippen LogP) is -1.30. The van der Waals surface area contributed by atoms with Crippen molar-refractivity contribution in [2.75, 3.05) is 32.8 Å². The summed E-state index contributed by atoms with van der Waals surface area (Å²) < 4.78 is 5.26. The number of nitrogens with one attached hydrogen (secondary N) is 1. The Hall–Kier alpha value is -1.14. The molecule has 2 heterocycles.